The summed E-state index contributed by atoms with van der Waals surface area (Å²) in [6, 6.07) is 26.2. The van der Waals surface area contributed by atoms with Crippen molar-refractivity contribution in [3.8, 4) is 5.75 Å². The Labute approximate surface area is 158 Å². The molecule has 26 heavy (non-hydrogen) atoms. The minimum absolute atomic E-state index is 0.0680. The van der Waals surface area contributed by atoms with Crippen LogP contribution in [0.4, 0.5) is 10.5 Å². The number of rotatable bonds is 6. The molecule has 0 bridgehead atoms. The molecule has 0 spiro atoms. The van der Waals surface area contributed by atoms with Crippen LogP contribution in [0.2, 0.25) is 5.02 Å². The molecule has 0 radical (unpaired) electrons. The van der Waals surface area contributed by atoms with Gasteiger partial charge in [-0.3, -0.25) is 4.90 Å². The predicted octanol–water partition coefficient (Wildman–Crippen LogP) is 5.09. The average Bonchev–Trinajstić information content (AvgIpc) is 2.69. The van der Waals surface area contributed by atoms with Crippen LogP contribution in [-0.2, 0) is 6.54 Å². The third kappa shape index (κ3) is 5.01. The van der Waals surface area contributed by atoms with Crippen molar-refractivity contribution in [1.82, 2.24) is 5.32 Å². The number of urea groups is 1. The number of hydrogen-bond donors (Lipinski definition) is 1. The zero-order valence-corrected chi connectivity index (χ0v) is 14.9. The van der Waals surface area contributed by atoms with Crippen LogP contribution in [0.1, 0.15) is 5.56 Å². The summed E-state index contributed by atoms with van der Waals surface area (Å²) in [7, 11) is 0. The summed E-state index contributed by atoms with van der Waals surface area (Å²) in [6.45, 7) is 0.538. The van der Waals surface area contributed by atoms with Gasteiger partial charge in [0.15, 0.2) is 6.73 Å². The van der Waals surface area contributed by atoms with E-state index in [-0.39, 0.29) is 12.8 Å². The number of ether oxygens (including phenoxy) is 1. The van der Waals surface area contributed by atoms with Crippen LogP contribution in [0.25, 0.3) is 0 Å². The van der Waals surface area contributed by atoms with Gasteiger partial charge in [0.2, 0.25) is 0 Å². The van der Waals surface area contributed by atoms with Gasteiger partial charge in [-0.2, -0.15) is 0 Å². The van der Waals surface area contributed by atoms with Gasteiger partial charge in [-0.1, -0.05) is 60.1 Å². The summed E-state index contributed by atoms with van der Waals surface area (Å²) in [5.74, 6) is 0.643. The maximum atomic E-state index is 12.7. The van der Waals surface area contributed by atoms with E-state index in [2.05, 4.69) is 5.32 Å². The summed E-state index contributed by atoms with van der Waals surface area (Å²) in [5.41, 5.74) is 1.87. The molecule has 132 valence electrons. The third-order valence-corrected chi connectivity index (χ3v) is 4.02. The standard InChI is InChI=1S/C21H19ClN2O2/c22-18-11-13-20(14-12-18)26-16-23-21(25)24(19-9-5-2-6-10-19)15-17-7-3-1-4-8-17/h1-14H,15-16H2,(H,23,25). The second kappa shape index (κ2) is 8.92. The van der Waals surface area contributed by atoms with Crippen LogP contribution >= 0.6 is 11.6 Å². The average molecular weight is 367 g/mol. The van der Waals surface area contributed by atoms with Gasteiger partial charge in [0, 0.05) is 10.7 Å². The van der Waals surface area contributed by atoms with Crippen molar-refractivity contribution in [3.05, 3.63) is 95.5 Å². The quantitative estimate of drug-likeness (QED) is 0.617. The van der Waals surface area contributed by atoms with E-state index < -0.39 is 0 Å². The summed E-state index contributed by atoms with van der Waals surface area (Å²) < 4.78 is 5.55. The summed E-state index contributed by atoms with van der Waals surface area (Å²) >= 11 is 5.85. The molecule has 1 N–H and O–H groups in total. The molecular formula is C21H19ClN2O2. The van der Waals surface area contributed by atoms with E-state index >= 15 is 0 Å². The number of benzene rings is 3. The molecular weight excluding hydrogens is 348 g/mol. The number of carbonyl (C=O) groups is 1. The second-order valence-electron chi connectivity index (χ2n) is 5.63. The first-order valence-electron chi connectivity index (χ1n) is 8.25. The van der Waals surface area contributed by atoms with Gasteiger partial charge < -0.3 is 10.1 Å². The molecule has 3 rings (SSSR count). The van der Waals surface area contributed by atoms with Gasteiger partial charge in [-0.15, -0.1) is 0 Å². The van der Waals surface area contributed by atoms with Crippen LogP contribution in [0.3, 0.4) is 0 Å². The minimum atomic E-state index is -0.228. The highest BCUT2D eigenvalue weighted by Gasteiger charge is 2.15. The first-order chi connectivity index (χ1) is 12.7. The van der Waals surface area contributed by atoms with Gasteiger partial charge in [0.25, 0.3) is 0 Å². The second-order valence-corrected chi connectivity index (χ2v) is 6.07. The van der Waals surface area contributed by atoms with Crippen molar-refractivity contribution in [1.29, 1.82) is 0 Å². The molecule has 0 unspecified atom stereocenters. The lowest BCUT2D eigenvalue weighted by molar-refractivity contribution is 0.229. The predicted molar refractivity (Wildman–Crippen MR) is 105 cm³/mol. The lowest BCUT2D eigenvalue weighted by Gasteiger charge is -2.23. The van der Waals surface area contributed by atoms with Gasteiger partial charge >= 0.3 is 6.03 Å². The highest BCUT2D eigenvalue weighted by Crippen LogP contribution is 2.18. The highest BCUT2D eigenvalue weighted by atomic mass is 35.5. The van der Waals surface area contributed by atoms with E-state index in [0.717, 1.165) is 11.3 Å². The number of anilines is 1. The van der Waals surface area contributed by atoms with E-state index in [0.29, 0.717) is 17.3 Å². The molecule has 0 heterocycles. The number of nitrogens with zero attached hydrogens (tertiary/aromatic N) is 1. The molecule has 3 aromatic carbocycles. The molecule has 5 heteroatoms. The summed E-state index contributed by atoms with van der Waals surface area (Å²) in [4.78, 5) is 14.4. The smallest absolute Gasteiger partial charge is 0.324 e. The third-order valence-electron chi connectivity index (χ3n) is 3.77. The molecule has 0 fully saturated rings. The Bertz CT molecular complexity index is 824. The van der Waals surface area contributed by atoms with E-state index in [1.165, 1.54) is 0 Å². The van der Waals surface area contributed by atoms with Crippen LogP contribution in [-0.4, -0.2) is 12.8 Å². The first-order valence-corrected chi connectivity index (χ1v) is 8.63. The Hall–Kier alpha value is -2.98. The molecule has 0 aliphatic rings. The number of halogens is 1. The van der Waals surface area contributed by atoms with Gasteiger partial charge in [-0.25, -0.2) is 4.79 Å². The molecule has 3 aromatic rings. The fourth-order valence-electron chi connectivity index (χ4n) is 2.46. The van der Waals surface area contributed by atoms with Crippen LogP contribution in [0.5, 0.6) is 5.75 Å². The van der Waals surface area contributed by atoms with Crippen LogP contribution in [0, 0.1) is 0 Å². The van der Waals surface area contributed by atoms with Crippen molar-refractivity contribution in [2.24, 2.45) is 0 Å². The fourth-order valence-corrected chi connectivity index (χ4v) is 2.59. The van der Waals surface area contributed by atoms with Crippen molar-refractivity contribution < 1.29 is 9.53 Å². The minimum Gasteiger partial charge on any atom is -0.473 e. The number of nitrogens with one attached hydrogen (secondary N) is 1. The monoisotopic (exact) mass is 366 g/mol. The maximum Gasteiger partial charge on any atom is 0.324 e. The number of carbonyl (C=O) groups excluding carboxylic acids is 1. The van der Waals surface area contributed by atoms with Gasteiger partial charge in [-0.05, 0) is 42.0 Å². The Kier molecular flexibility index (Phi) is 6.12. The normalized spacial score (nSPS) is 10.2. The van der Waals surface area contributed by atoms with Crippen LogP contribution in [0.15, 0.2) is 84.9 Å². The Morgan fingerprint density at radius 1 is 0.885 bits per heavy atom. The number of amides is 2. The fraction of sp³-hybridized carbons (Fsp3) is 0.0952. The lowest BCUT2D eigenvalue weighted by Crippen LogP contribution is -2.41. The topological polar surface area (TPSA) is 41.6 Å². The van der Waals surface area contributed by atoms with E-state index in [9.17, 15) is 4.79 Å². The Morgan fingerprint density at radius 3 is 2.15 bits per heavy atom. The molecule has 4 nitrogen and oxygen atoms in total. The SMILES string of the molecule is O=C(NCOc1ccc(Cl)cc1)N(Cc1ccccc1)c1ccccc1. The molecule has 0 aliphatic carbocycles. The van der Waals surface area contributed by atoms with Crippen LogP contribution < -0.4 is 15.0 Å². The zero-order chi connectivity index (χ0) is 18.2. The van der Waals surface area contributed by atoms with E-state index in [1.807, 2.05) is 60.7 Å². The molecule has 0 saturated heterocycles. The van der Waals surface area contributed by atoms with E-state index in [1.54, 1.807) is 29.2 Å². The Balaban J connectivity index is 1.65. The molecule has 2 amide bonds. The van der Waals surface area contributed by atoms with Gasteiger partial charge in [0.1, 0.15) is 5.75 Å². The number of hydrogen-bond acceptors (Lipinski definition) is 2. The maximum absolute atomic E-state index is 12.7. The summed E-state index contributed by atoms with van der Waals surface area (Å²) in [5, 5.41) is 3.43. The molecule has 0 saturated carbocycles. The highest BCUT2D eigenvalue weighted by molar-refractivity contribution is 6.30. The largest absolute Gasteiger partial charge is 0.473 e. The first kappa shape index (κ1) is 17.8. The molecule has 0 aromatic heterocycles. The van der Waals surface area contributed by atoms with Crippen molar-refractivity contribution in [2.75, 3.05) is 11.6 Å². The lowest BCUT2D eigenvalue weighted by atomic mass is 10.2. The van der Waals surface area contributed by atoms with Crippen molar-refractivity contribution in [3.63, 3.8) is 0 Å². The molecule has 0 aliphatic heterocycles. The zero-order valence-electron chi connectivity index (χ0n) is 14.1. The van der Waals surface area contributed by atoms with E-state index in [4.69, 9.17) is 16.3 Å². The summed E-state index contributed by atoms with van der Waals surface area (Å²) in [6.07, 6.45) is 0. The Morgan fingerprint density at radius 2 is 1.50 bits per heavy atom. The van der Waals surface area contributed by atoms with Crippen molar-refractivity contribution >= 4 is 23.3 Å². The van der Waals surface area contributed by atoms with Gasteiger partial charge in [0.05, 0.1) is 6.54 Å². The number of para-hydroxylation sites is 1. The molecule has 0 atom stereocenters. The van der Waals surface area contributed by atoms with Crippen molar-refractivity contribution in [2.45, 2.75) is 6.54 Å².